The average Bonchev–Trinajstić information content (AvgIpc) is 2.55. The monoisotopic (exact) mass is 278 g/mol. The molecule has 0 aliphatic rings. The molecule has 0 spiro atoms. The van der Waals surface area contributed by atoms with Crippen molar-refractivity contribution in [2.24, 2.45) is 9.98 Å². The Morgan fingerprint density at radius 1 is 0.905 bits per heavy atom. The zero-order valence-corrected chi connectivity index (χ0v) is 11.6. The minimum atomic E-state index is -1.27. The predicted octanol–water partition coefficient (Wildman–Crippen LogP) is 3.59. The van der Waals surface area contributed by atoms with E-state index in [9.17, 15) is 9.59 Å². The molecule has 4 heteroatoms. The van der Waals surface area contributed by atoms with E-state index in [1.165, 1.54) is 12.2 Å². The van der Waals surface area contributed by atoms with E-state index in [1.54, 1.807) is 0 Å². The van der Waals surface area contributed by atoms with Crippen LogP contribution in [0.5, 0.6) is 0 Å². The van der Waals surface area contributed by atoms with Crippen LogP contribution in [0.3, 0.4) is 0 Å². The number of rotatable bonds is 5. The summed E-state index contributed by atoms with van der Waals surface area (Å²) in [5.41, 5.74) is 1.26. The van der Waals surface area contributed by atoms with E-state index in [0.717, 1.165) is 11.1 Å². The van der Waals surface area contributed by atoms with Crippen molar-refractivity contribution in [3.8, 4) is 11.1 Å². The van der Waals surface area contributed by atoms with E-state index in [-0.39, 0.29) is 0 Å². The number of benzene rings is 2. The van der Waals surface area contributed by atoms with Crippen LogP contribution in [0.1, 0.15) is 18.9 Å². The summed E-state index contributed by atoms with van der Waals surface area (Å²) >= 11 is 0. The smallest absolute Gasteiger partial charge is 0.211 e. The van der Waals surface area contributed by atoms with Gasteiger partial charge in [0.1, 0.15) is 0 Å². The van der Waals surface area contributed by atoms with E-state index >= 15 is 0 Å². The van der Waals surface area contributed by atoms with E-state index in [2.05, 4.69) is 9.98 Å². The maximum absolute atomic E-state index is 10.8. The molecule has 4 nitrogen and oxygen atoms in total. The standard InChI is InChI=1S/C17H14N2O2/c1-2-17(18-12-20,19-13-21)16-11-7-6-10-15(16)14-8-4-3-5-9-14/h3-11H,2H2,1H3. The molecule has 0 unspecified atom stereocenters. The Kier molecular flexibility index (Phi) is 4.57. The highest BCUT2D eigenvalue weighted by Gasteiger charge is 2.32. The van der Waals surface area contributed by atoms with Crippen LogP contribution >= 0.6 is 0 Å². The summed E-state index contributed by atoms with van der Waals surface area (Å²) in [5.74, 6) is 0. The third-order valence-electron chi connectivity index (χ3n) is 3.40. The highest BCUT2D eigenvalue weighted by atomic mass is 16.1. The minimum Gasteiger partial charge on any atom is -0.211 e. The number of hydrogen-bond acceptors (Lipinski definition) is 4. The van der Waals surface area contributed by atoms with Gasteiger partial charge in [0, 0.05) is 5.56 Å². The number of nitrogens with zero attached hydrogens (tertiary/aromatic N) is 2. The molecule has 0 bridgehead atoms. The highest BCUT2D eigenvalue weighted by molar-refractivity contribution is 5.69. The molecule has 0 fully saturated rings. The van der Waals surface area contributed by atoms with Gasteiger partial charge in [0.15, 0.2) is 5.66 Å². The maximum Gasteiger partial charge on any atom is 0.237 e. The van der Waals surface area contributed by atoms with Gasteiger partial charge in [-0.2, -0.15) is 9.98 Å². The van der Waals surface area contributed by atoms with Crippen molar-refractivity contribution >= 4 is 12.2 Å². The van der Waals surface area contributed by atoms with E-state index in [1.807, 2.05) is 61.5 Å². The highest BCUT2D eigenvalue weighted by Crippen LogP contribution is 2.37. The lowest BCUT2D eigenvalue weighted by Crippen LogP contribution is -2.20. The van der Waals surface area contributed by atoms with Crippen molar-refractivity contribution in [2.45, 2.75) is 19.0 Å². The maximum atomic E-state index is 10.8. The second-order valence-corrected chi connectivity index (χ2v) is 4.49. The van der Waals surface area contributed by atoms with Gasteiger partial charge in [0.25, 0.3) is 0 Å². The van der Waals surface area contributed by atoms with Gasteiger partial charge in [0.05, 0.1) is 0 Å². The molecule has 104 valence electrons. The molecule has 0 amide bonds. The molecule has 21 heavy (non-hydrogen) atoms. The molecule has 2 rings (SSSR count). The van der Waals surface area contributed by atoms with Crippen molar-refractivity contribution in [1.82, 2.24) is 0 Å². The Bertz CT molecular complexity index is 695. The van der Waals surface area contributed by atoms with Crippen molar-refractivity contribution < 1.29 is 9.59 Å². The summed E-state index contributed by atoms with van der Waals surface area (Å²) in [7, 11) is 0. The fourth-order valence-corrected chi connectivity index (χ4v) is 2.35. The van der Waals surface area contributed by atoms with Crippen molar-refractivity contribution in [3.63, 3.8) is 0 Å². The van der Waals surface area contributed by atoms with Crippen molar-refractivity contribution in [1.29, 1.82) is 0 Å². The van der Waals surface area contributed by atoms with Crippen LogP contribution in [0.4, 0.5) is 0 Å². The molecule has 0 saturated carbocycles. The lowest BCUT2D eigenvalue weighted by Gasteiger charge is -2.23. The summed E-state index contributed by atoms with van der Waals surface area (Å²) < 4.78 is 0. The van der Waals surface area contributed by atoms with Gasteiger partial charge in [-0.1, -0.05) is 61.5 Å². The van der Waals surface area contributed by atoms with Gasteiger partial charge < -0.3 is 0 Å². The van der Waals surface area contributed by atoms with Gasteiger partial charge in [-0.25, -0.2) is 9.59 Å². The van der Waals surface area contributed by atoms with Crippen LogP contribution in [-0.4, -0.2) is 12.2 Å². The zero-order valence-electron chi connectivity index (χ0n) is 11.6. The van der Waals surface area contributed by atoms with Crippen molar-refractivity contribution in [2.75, 3.05) is 0 Å². The first kappa shape index (κ1) is 14.6. The van der Waals surface area contributed by atoms with Gasteiger partial charge in [0.2, 0.25) is 12.2 Å². The van der Waals surface area contributed by atoms with Crippen LogP contribution in [0.25, 0.3) is 11.1 Å². The largest absolute Gasteiger partial charge is 0.237 e. The van der Waals surface area contributed by atoms with Gasteiger partial charge >= 0.3 is 0 Å². The number of isocyanates is 2. The second kappa shape index (κ2) is 6.58. The molecular formula is C17H14N2O2. The summed E-state index contributed by atoms with van der Waals surface area (Å²) in [6.45, 7) is 1.81. The first-order valence-electron chi connectivity index (χ1n) is 6.60. The van der Waals surface area contributed by atoms with Crippen LogP contribution in [0.2, 0.25) is 0 Å². The molecule has 0 heterocycles. The molecule has 2 aromatic rings. The van der Waals surface area contributed by atoms with Crippen LogP contribution in [0.15, 0.2) is 64.6 Å². The Hall–Kier alpha value is -2.80. The number of aliphatic imine (C=N–C) groups is 2. The third-order valence-corrected chi connectivity index (χ3v) is 3.40. The number of carbonyl (C=O) groups excluding carboxylic acids is 2. The lowest BCUT2D eigenvalue weighted by atomic mass is 9.89. The van der Waals surface area contributed by atoms with E-state index in [4.69, 9.17) is 0 Å². The molecule has 0 saturated heterocycles. The van der Waals surface area contributed by atoms with Crippen LogP contribution in [0, 0.1) is 0 Å². The molecule has 0 N–H and O–H groups in total. The summed E-state index contributed by atoms with van der Waals surface area (Å²) in [4.78, 5) is 29.2. The molecule has 0 radical (unpaired) electrons. The summed E-state index contributed by atoms with van der Waals surface area (Å²) in [6.07, 6.45) is 3.41. The van der Waals surface area contributed by atoms with E-state index in [0.29, 0.717) is 12.0 Å². The van der Waals surface area contributed by atoms with Gasteiger partial charge in [-0.15, -0.1) is 0 Å². The predicted molar refractivity (Wildman–Crippen MR) is 80.1 cm³/mol. The molecule has 0 atom stereocenters. The topological polar surface area (TPSA) is 58.9 Å². The Morgan fingerprint density at radius 3 is 2.05 bits per heavy atom. The van der Waals surface area contributed by atoms with Crippen LogP contribution in [-0.2, 0) is 15.3 Å². The second-order valence-electron chi connectivity index (χ2n) is 4.49. The fraction of sp³-hybridized carbons (Fsp3) is 0.176. The minimum absolute atomic E-state index is 0.362. The Morgan fingerprint density at radius 2 is 1.48 bits per heavy atom. The average molecular weight is 278 g/mol. The Balaban J connectivity index is 2.73. The normalized spacial score (nSPS) is 12.6. The first-order chi connectivity index (χ1) is 10.3. The number of hydrogen-bond donors (Lipinski definition) is 0. The zero-order chi connectivity index (χ0) is 15.1. The lowest BCUT2D eigenvalue weighted by molar-refractivity contribution is 0.441. The summed E-state index contributed by atoms with van der Waals surface area (Å²) in [6, 6.07) is 17.1. The van der Waals surface area contributed by atoms with Crippen molar-refractivity contribution in [3.05, 3.63) is 60.2 Å². The molecule has 2 aromatic carbocycles. The summed E-state index contributed by atoms with van der Waals surface area (Å²) in [5, 5.41) is 0. The van der Waals surface area contributed by atoms with Gasteiger partial charge in [-0.05, 0) is 17.5 Å². The molecule has 0 aliphatic heterocycles. The fourth-order valence-electron chi connectivity index (χ4n) is 2.35. The Labute approximate surface area is 122 Å². The van der Waals surface area contributed by atoms with E-state index < -0.39 is 5.66 Å². The van der Waals surface area contributed by atoms with Gasteiger partial charge in [-0.3, -0.25) is 0 Å². The molecule has 0 aliphatic carbocycles. The molecule has 0 aromatic heterocycles. The quantitative estimate of drug-likeness (QED) is 0.620. The van der Waals surface area contributed by atoms with Crippen LogP contribution < -0.4 is 0 Å². The first-order valence-corrected chi connectivity index (χ1v) is 6.60. The SMILES string of the molecule is CCC(N=C=O)(N=C=O)c1ccccc1-c1ccccc1. The molecular weight excluding hydrogens is 264 g/mol. The third kappa shape index (κ3) is 2.87.